The molecule has 0 bridgehead atoms. The molecule has 30 heavy (non-hydrogen) atoms. The summed E-state index contributed by atoms with van der Waals surface area (Å²) in [5.74, 6) is -0.687. The summed E-state index contributed by atoms with van der Waals surface area (Å²) in [7, 11) is -3.76. The largest absolute Gasteiger partial charge is 0.468 e. The normalized spacial score (nSPS) is 11.1. The quantitative estimate of drug-likeness (QED) is 0.411. The van der Waals surface area contributed by atoms with E-state index in [4.69, 9.17) is 13.9 Å². The lowest BCUT2D eigenvalue weighted by molar-refractivity contribution is 0.0265. The van der Waals surface area contributed by atoms with Crippen LogP contribution in [0.5, 0.6) is 0 Å². The van der Waals surface area contributed by atoms with Gasteiger partial charge in [0.2, 0.25) is 10.0 Å². The van der Waals surface area contributed by atoms with Gasteiger partial charge in [0.25, 0.3) is 0 Å². The molecule has 1 heterocycles. The Morgan fingerprint density at radius 3 is 1.97 bits per heavy atom. The van der Waals surface area contributed by atoms with Crippen molar-refractivity contribution in [2.24, 2.45) is 0 Å². The second kappa shape index (κ2) is 9.86. The zero-order chi connectivity index (χ0) is 21.4. The number of ether oxygens (including phenoxy) is 2. The first-order valence-corrected chi connectivity index (χ1v) is 10.5. The number of hydrogen-bond acceptors (Lipinski definition) is 7. The molecule has 0 fully saturated rings. The van der Waals surface area contributed by atoms with Crippen LogP contribution in [0, 0.1) is 0 Å². The van der Waals surface area contributed by atoms with Gasteiger partial charge in [-0.05, 0) is 48.5 Å². The number of esters is 2. The predicted octanol–water partition coefficient (Wildman–Crippen LogP) is 2.77. The van der Waals surface area contributed by atoms with Crippen molar-refractivity contribution >= 4 is 22.0 Å². The summed E-state index contributed by atoms with van der Waals surface area (Å²) in [6, 6.07) is 17.1. The third-order valence-corrected chi connectivity index (χ3v) is 5.39. The molecule has 9 heteroatoms. The van der Waals surface area contributed by atoms with E-state index in [2.05, 4.69) is 4.72 Å². The Morgan fingerprint density at radius 1 is 0.800 bits per heavy atom. The van der Waals surface area contributed by atoms with Gasteiger partial charge in [0, 0.05) is 0 Å². The molecule has 1 aromatic heterocycles. The van der Waals surface area contributed by atoms with E-state index >= 15 is 0 Å². The third-order valence-electron chi connectivity index (χ3n) is 3.98. The molecular formula is C21H19NO7S. The molecule has 3 aromatic rings. The standard InChI is InChI=1S/C21H19NO7S/c23-20(16-5-2-1-3-6-16)28-13-14-29-21(24)17-8-10-19(11-9-17)30(25,26)22-15-18-7-4-12-27-18/h1-12,22H,13-15H2. The Kier molecular flexibility index (Phi) is 6.99. The van der Waals surface area contributed by atoms with Crippen LogP contribution in [0.1, 0.15) is 26.5 Å². The number of furan rings is 1. The topological polar surface area (TPSA) is 112 Å². The molecule has 1 N–H and O–H groups in total. The van der Waals surface area contributed by atoms with Crippen molar-refractivity contribution in [3.05, 3.63) is 89.9 Å². The summed E-state index contributed by atoms with van der Waals surface area (Å²) in [4.78, 5) is 23.9. The molecule has 2 aromatic carbocycles. The van der Waals surface area contributed by atoms with E-state index in [1.807, 2.05) is 0 Å². The first-order chi connectivity index (χ1) is 14.5. The Hall–Kier alpha value is -3.43. The molecule has 0 aliphatic heterocycles. The van der Waals surface area contributed by atoms with Gasteiger partial charge in [0.05, 0.1) is 28.8 Å². The first kappa shape index (κ1) is 21.3. The second-order valence-electron chi connectivity index (χ2n) is 6.07. The smallest absolute Gasteiger partial charge is 0.338 e. The summed E-state index contributed by atoms with van der Waals surface area (Å²) in [5, 5.41) is 0. The molecule has 0 amide bonds. The molecule has 0 unspecified atom stereocenters. The first-order valence-electron chi connectivity index (χ1n) is 8.97. The summed E-state index contributed by atoms with van der Waals surface area (Å²) in [5.41, 5.74) is 0.579. The van der Waals surface area contributed by atoms with E-state index in [0.717, 1.165) is 0 Å². The highest BCUT2D eigenvalue weighted by Crippen LogP contribution is 2.12. The molecular weight excluding hydrogens is 410 g/mol. The molecule has 156 valence electrons. The van der Waals surface area contributed by atoms with Crippen molar-refractivity contribution < 1.29 is 31.9 Å². The number of hydrogen-bond donors (Lipinski definition) is 1. The molecule has 0 radical (unpaired) electrons. The SMILES string of the molecule is O=C(OCCOC(=O)c1ccc(S(=O)(=O)NCc2ccco2)cc1)c1ccccc1. The van der Waals surface area contributed by atoms with Gasteiger partial charge in [-0.2, -0.15) is 0 Å². The highest BCUT2D eigenvalue weighted by Gasteiger charge is 2.16. The van der Waals surface area contributed by atoms with E-state index < -0.39 is 22.0 Å². The number of carbonyl (C=O) groups excluding carboxylic acids is 2. The van der Waals surface area contributed by atoms with Crippen LogP contribution in [0.3, 0.4) is 0 Å². The highest BCUT2D eigenvalue weighted by atomic mass is 32.2. The van der Waals surface area contributed by atoms with E-state index in [0.29, 0.717) is 11.3 Å². The lowest BCUT2D eigenvalue weighted by Crippen LogP contribution is -2.23. The van der Waals surface area contributed by atoms with E-state index in [1.165, 1.54) is 30.5 Å². The van der Waals surface area contributed by atoms with Crippen molar-refractivity contribution in [2.75, 3.05) is 13.2 Å². The van der Waals surface area contributed by atoms with Crippen LogP contribution in [-0.2, 0) is 26.0 Å². The number of nitrogens with one attached hydrogen (secondary N) is 1. The van der Waals surface area contributed by atoms with Crippen LogP contribution < -0.4 is 4.72 Å². The van der Waals surface area contributed by atoms with E-state index in [1.54, 1.807) is 42.5 Å². The van der Waals surface area contributed by atoms with Gasteiger partial charge in [0.15, 0.2) is 0 Å². The number of rotatable bonds is 9. The van der Waals surface area contributed by atoms with Gasteiger partial charge >= 0.3 is 11.9 Å². The number of benzene rings is 2. The molecule has 0 aliphatic rings. The minimum absolute atomic E-state index is 0.00222. The van der Waals surface area contributed by atoms with Crippen LogP contribution in [0.4, 0.5) is 0 Å². The maximum absolute atomic E-state index is 12.3. The fourth-order valence-corrected chi connectivity index (χ4v) is 3.44. The zero-order valence-corrected chi connectivity index (χ0v) is 16.6. The lowest BCUT2D eigenvalue weighted by atomic mass is 10.2. The molecule has 0 atom stereocenters. The molecule has 0 aliphatic carbocycles. The van der Waals surface area contributed by atoms with Crippen LogP contribution >= 0.6 is 0 Å². The monoisotopic (exact) mass is 429 g/mol. The average molecular weight is 429 g/mol. The molecule has 0 spiro atoms. The van der Waals surface area contributed by atoms with E-state index in [-0.39, 0.29) is 30.2 Å². The Bertz CT molecular complexity index is 1080. The fraction of sp³-hybridized carbons (Fsp3) is 0.143. The zero-order valence-electron chi connectivity index (χ0n) is 15.8. The maximum Gasteiger partial charge on any atom is 0.338 e. The van der Waals surface area contributed by atoms with Gasteiger partial charge < -0.3 is 13.9 Å². The van der Waals surface area contributed by atoms with Crippen molar-refractivity contribution in [3.63, 3.8) is 0 Å². The fourth-order valence-electron chi connectivity index (χ4n) is 2.44. The Morgan fingerprint density at radius 2 is 1.40 bits per heavy atom. The summed E-state index contributed by atoms with van der Waals surface area (Å²) in [6.45, 7) is -0.203. The van der Waals surface area contributed by atoms with Gasteiger partial charge in [0.1, 0.15) is 19.0 Å². The van der Waals surface area contributed by atoms with Crippen LogP contribution in [0.25, 0.3) is 0 Å². The van der Waals surface area contributed by atoms with Gasteiger partial charge in [-0.1, -0.05) is 18.2 Å². The maximum atomic E-state index is 12.3. The van der Waals surface area contributed by atoms with Gasteiger partial charge in [-0.15, -0.1) is 0 Å². The molecule has 8 nitrogen and oxygen atoms in total. The Labute approximate surface area is 173 Å². The van der Waals surface area contributed by atoms with Crippen molar-refractivity contribution in [2.45, 2.75) is 11.4 Å². The highest BCUT2D eigenvalue weighted by molar-refractivity contribution is 7.89. The summed E-state index contributed by atoms with van der Waals surface area (Å²) in [6.07, 6.45) is 1.45. The van der Waals surface area contributed by atoms with Crippen LogP contribution in [-0.4, -0.2) is 33.6 Å². The molecule has 3 rings (SSSR count). The lowest BCUT2D eigenvalue weighted by Gasteiger charge is -2.08. The minimum atomic E-state index is -3.76. The summed E-state index contributed by atoms with van der Waals surface area (Å²) >= 11 is 0. The van der Waals surface area contributed by atoms with Crippen molar-refractivity contribution in [1.29, 1.82) is 0 Å². The number of sulfonamides is 1. The van der Waals surface area contributed by atoms with Gasteiger partial charge in [-0.3, -0.25) is 0 Å². The number of carbonyl (C=O) groups is 2. The van der Waals surface area contributed by atoms with Crippen LogP contribution in [0.2, 0.25) is 0 Å². The minimum Gasteiger partial charge on any atom is -0.468 e. The summed E-state index contributed by atoms with van der Waals surface area (Å²) < 4.78 is 42.1. The third kappa shape index (κ3) is 5.79. The molecule has 0 saturated heterocycles. The second-order valence-corrected chi connectivity index (χ2v) is 7.83. The average Bonchev–Trinajstić information content (AvgIpc) is 3.29. The van der Waals surface area contributed by atoms with Crippen LogP contribution in [0.15, 0.2) is 82.3 Å². The van der Waals surface area contributed by atoms with E-state index in [9.17, 15) is 18.0 Å². The Balaban J connectivity index is 1.47. The van der Waals surface area contributed by atoms with Crippen molar-refractivity contribution in [3.8, 4) is 0 Å². The van der Waals surface area contributed by atoms with Crippen molar-refractivity contribution in [1.82, 2.24) is 4.72 Å². The molecule has 0 saturated carbocycles. The predicted molar refractivity (Wildman–Crippen MR) is 106 cm³/mol. The van der Waals surface area contributed by atoms with Gasteiger partial charge in [-0.25, -0.2) is 22.7 Å².